The number of fused-ring (bicyclic) bond motifs is 1. The van der Waals surface area contributed by atoms with Crippen LogP contribution < -0.4 is 9.47 Å². The molecule has 0 spiro atoms. The molecule has 0 N–H and O–H groups in total. The molecule has 0 aromatic heterocycles. The van der Waals surface area contributed by atoms with E-state index in [1.54, 1.807) is 37.3 Å². The molecule has 0 radical (unpaired) electrons. The van der Waals surface area contributed by atoms with E-state index < -0.39 is 18.2 Å². The lowest BCUT2D eigenvalue weighted by molar-refractivity contribution is -0.157. The average molecular weight is 340 g/mol. The minimum Gasteiger partial charge on any atom is -0.485 e. The van der Waals surface area contributed by atoms with Crippen LogP contribution in [0.4, 0.5) is 0 Å². The molecule has 130 valence electrons. The lowest BCUT2D eigenvalue weighted by Crippen LogP contribution is -2.40. The number of para-hydroxylation sites is 2. The summed E-state index contributed by atoms with van der Waals surface area (Å²) >= 11 is 0. The third-order valence-corrected chi connectivity index (χ3v) is 4.23. The second kappa shape index (κ2) is 6.97. The topological polar surface area (TPSA) is 61.8 Å². The summed E-state index contributed by atoms with van der Waals surface area (Å²) in [4.78, 5) is 24.8. The molecule has 2 aromatic rings. The molecule has 1 heterocycles. The van der Waals surface area contributed by atoms with Gasteiger partial charge in [0.25, 0.3) is 0 Å². The molecule has 0 aliphatic carbocycles. The van der Waals surface area contributed by atoms with Gasteiger partial charge in [0.1, 0.15) is 6.61 Å². The van der Waals surface area contributed by atoms with Crippen LogP contribution in [0, 0.1) is 13.8 Å². The molecule has 0 unspecified atom stereocenters. The molecule has 1 aliphatic heterocycles. The lowest BCUT2D eigenvalue weighted by atomic mass is 10.0. The monoisotopic (exact) mass is 340 g/mol. The Morgan fingerprint density at radius 2 is 1.80 bits per heavy atom. The van der Waals surface area contributed by atoms with E-state index in [9.17, 15) is 9.59 Å². The number of rotatable bonds is 4. The van der Waals surface area contributed by atoms with E-state index in [4.69, 9.17) is 14.2 Å². The van der Waals surface area contributed by atoms with Crippen LogP contribution in [0.15, 0.2) is 42.5 Å². The SMILES string of the molecule is Cc1ccc(C(=O)[C@H](C)OC(=O)[C@@H]2COc3ccccc3O2)cc1C. The Labute approximate surface area is 146 Å². The Hall–Kier alpha value is -2.82. The number of esters is 1. The Kier molecular flexibility index (Phi) is 4.74. The number of ether oxygens (including phenoxy) is 3. The molecule has 0 saturated heterocycles. The maximum Gasteiger partial charge on any atom is 0.351 e. The summed E-state index contributed by atoms with van der Waals surface area (Å²) < 4.78 is 16.4. The van der Waals surface area contributed by atoms with Crippen LogP contribution in [0.1, 0.15) is 28.4 Å². The van der Waals surface area contributed by atoms with Crippen molar-refractivity contribution in [3.05, 3.63) is 59.2 Å². The third-order valence-electron chi connectivity index (χ3n) is 4.23. The fraction of sp³-hybridized carbons (Fsp3) is 0.300. The summed E-state index contributed by atoms with van der Waals surface area (Å²) in [5, 5.41) is 0. The summed E-state index contributed by atoms with van der Waals surface area (Å²) in [6, 6.07) is 12.5. The van der Waals surface area contributed by atoms with Gasteiger partial charge in [0.2, 0.25) is 11.9 Å². The molecule has 0 bridgehead atoms. The van der Waals surface area contributed by atoms with Crippen molar-refractivity contribution in [2.45, 2.75) is 33.0 Å². The van der Waals surface area contributed by atoms with Gasteiger partial charge in [0.15, 0.2) is 17.6 Å². The Morgan fingerprint density at radius 3 is 2.52 bits per heavy atom. The van der Waals surface area contributed by atoms with Crippen molar-refractivity contribution in [3.63, 3.8) is 0 Å². The highest BCUT2D eigenvalue weighted by atomic mass is 16.6. The van der Waals surface area contributed by atoms with Gasteiger partial charge in [-0.25, -0.2) is 4.79 Å². The summed E-state index contributed by atoms with van der Waals surface area (Å²) in [5.74, 6) is 0.224. The number of hydrogen-bond donors (Lipinski definition) is 0. The van der Waals surface area contributed by atoms with Gasteiger partial charge in [0, 0.05) is 5.56 Å². The molecule has 5 nitrogen and oxygen atoms in total. The van der Waals surface area contributed by atoms with Crippen molar-refractivity contribution in [2.24, 2.45) is 0 Å². The first-order chi connectivity index (χ1) is 12.0. The summed E-state index contributed by atoms with van der Waals surface area (Å²) in [5.41, 5.74) is 2.65. The molecular weight excluding hydrogens is 320 g/mol. The predicted octanol–water partition coefficient (Wildman–Crippen LogP) is 3.26. The number of ketones is 1. The fourth-order valence-corrected chi connectivity index (χ4v) is 2.57. The van der Waals surface area contributed by atoms with Crippen molar-refractivity contribution < 1.29 is 23.8 Å². The van der Waals surface area contributed by atoms with Gasteiger partial charge >= 0.3 is 5.97 Å². The van der Waals surface area contributed by atoms with Gasteiger partial charge in [-0.05, 0) is 50.1 Å². The molecule has 0 saturated carbocycles. The van der Waals surface area contributed by atoms with Crippen molar-refractivity contribution in [1.29, 1.82) is 0 Å². The molecule has 0 fully saturated rings. The Morgan fingerprint density at radius 1 is 1.08 bits per heavy atom. The van der Waals surface area contributed by atoms with Crippen molar-refractivity contribution in [3.8, 4) is 11.5 Å². The first kappa shape index (κ1) is 17.0. The Bertz CT molecular complexity index is 811. The van der Waals surface area contributed by atoms with E-state index in [1.807, 2.05) is 26.0 Å². The second-order valence-corrected chi connectivity index (χ2v) is 6.11. The number of carbonyl (C=O) groups is 2. The first-order valence-corrected chi connectivity index (χ1v) is 8.16. The molecule has 2 atom stereocenters. The quantitative estimate of drug-likeness (QED) is 0.631. The fourth-order valence-electron chi connectivity index (χ4n) is 2.57. The van der Waals surface area contributed by atoms with Gasteiger partial charge in [-0.2, -0.15) is 0 Å². The molecule has 5 heteroatoms. The average Bonchev–Trinajstić information content (AvgIpc) is 2.62. The molecule has 2 aromatic carbocycles. The van der Waals surface area contributed by atoms with Gasteiger partial charge in [-0.3, -0.25) is 4.79 Å². The van der Waals surface area contributed by atoms with E-state index in [2.05, 4.69) is 0 Å². The standard InChI is InChI=1S/C20H20O5/c1-12-8-9-15(10-13(12)2)19(21)14(3)24-20(22)18-11-23-16-6-4-5-7-17(16)25-18/h4-10,14,18H,11H2,1-3H3/t14-,18-/m0/s1. The molecular formula is C20H20O5. The summed E-state index contributed by atoms with van der Waals surface area (Å²) in [6.45, 7) is 5.53. The number of Topliss-reactive ketones (excluding diaryl/α,β-unsaturated/α-hetero) is 1. The number of hydrogen-bond acceptors (Lipinski definition) is 5. The summed E-state index contributed by atoms with van der Waals surface area (Å²) in [6.07, 6.45) is -1.78. The minimum absolute atomic E-state index is 0.0559. The first-order valence-electron chi connectivity index (χ1n) is 8.16. The van der Waals surface area contributed by atoms with E-state index >= 15 is 0 Å². The third kappa shape index (κ3) is 3.65. The molecule has 3 rings (SSSR count). The highest BCUT2D eigenvalue weighted by Gasteiger charge is 2.31. The van der Waals surface area contributed by atoms with Crippen molar-refractivity contribution >= 4 is 11.8 Å². The second-order valence-electron chi connectivity index (χ2n) is 6.11. The largest absolute Gasteiger partial charge is 0.485 e. The van der Waals surface area contributed by atoms with Gasteiger partial charge in [-0.1, -0.05) is 24.3 Å². The number of benzene rings is 2. The summed E-state index contributed by atoms with van der Waals surface area (Å²) in [7, 11) is 0. The van der Waals surface area contributed by atoms with Gasteiger partial charge in [-0.15, -0.1) is 0 Å². The highest BCUT2D eigenvalue weighted by Crippen LogP contribution is 2.31. The van der Waals surface area contributed by atoms with Gasteiger partial charge < -0.3 is 14.2 Å². The van der Waals surface area contributed by atoms with Crippen LogP contribution in [0.2, 0.25) is 0 Å². The van der Waals surface area contributed by atoms with Crippen molar-refractivity contribution in [1.82, 2.24) is 0 Å². The van der Waals surface area contributed by atoms with E-state index in [1.165, 1.54) is 0 Å². The smallest absolute Gasteiger partial charge is 0.351 e. The van der Waals surface area contributed by atoms with E-state index in [0.717, 1.165) is 11.1 Å². The van der Waals surface area contributed by atoms with E-state index in [-0.39, 0.29) is 12.4 Å². The van der Waals surface area contributed by atoms with Crippen LogP contribution in [0.5, 0.6) is 11.5 Å². The molecule has 25 heavy (non-hydrogen) atoms. The normalized spacial score (nSPS) is 16.8. The zero-order valence-electron chi connectivity index (χ0n) is 14.4. The van der Waals surface area contributed by atoms with Crippen molar-refractivity contribution in [2.75, 3.05) is 6.61 Å². The highest BCUT2D eigenvalue weighted by molar-refractivity contribution is 6.00. The van der Waals surface area contributed by atoms with Crippen LogP contribution in [0.25, 0.3) is 0 Å². The maximum atomic E-state index is 12.5. The maximum absolute atomic E-state index is 12.5. The molecule has 0 amide bonds. The zero-order valence-corrected chi connectivity index (χ0v) is 14.4. The van der Waals surface area contributed by atoms with Crippen LogP contribution in [-0.2, 0) is 9.53 Å². The van der Waals surface area contributed by atoms with Gasteiger partial charge in [0.05, 0.1) is 0 Å². The van der Waals surface area contributed by atoms with E-state index in [0.29, 0.717) is 17.1 Å². The predicted molar refractivity (Wildman–Crippen MR) is 92.2 cm³/mol. The number of aryl methyl sites for hydroxylation is 2. The Balaban J connectivity index is 1.64. The molecule has 1 aliphatic rings. The number of carbonyl (C=O) groups excluding carboxylic acids is 2. The minimum atomic E-state index is -0.893. The van der Waals surface area contributed by atoms with Crippen LogP contribution in [-0.4, -0.2) is 30.6 Å². The zero-order chi connectivity index (χ0) is 18.0. The van der Waals surface area contributed by atoms with Crippen LogP contribution in [0.3, 0.4) is 0 Å². The lowest BCUT2D eigenvalue weighted by Gasteiger charge is -2.25. The van der Waals surface area contributed by atoms with Crippen LogP contribution >= 0.6 is 0 Å².